The Morgan fingerprint density at radius 3 is 2.44 bits per heavy atom. The average molecular weight is 332 g/mol. The molecule has 1 aromatic heterocycles. The number of hydrogen-bond acceptors (Lipinski definition) is 3. The fourth-order valence-corrected chi connectivity index (χ4v) is 2.21. The second kappa shape index (κ2) is 7.55. The minimum atomic E-state index is -0.373. The van der Waals surface area contributed by atoms with Gasteiger partial charge in [-0.1, -0.05) is 39.0 Å². The number of rotatable bonds is 2. The van der Waals surface area contributed by atoms with Crippen molar-refractivity contribution in [3.63, 3.8) is 0 Å². The molecule has 0 atom stereocenters. The topological polar surface area (TPSA) is 65.9 Å². The number of benzene rings is 1. The van der Waals surface area contributed by atoms with Crippen LogP contribution in [0.5, 0.6) is 5.75 Å². The van der Waals surface area contributed by atoms with Gasteiger partial charge in [0, 0.05) is 16.7 Å². The molecule has 0 radical (unpaired) electrons. The SMILES string of the molecule is C/C=C\C#COc1ccc(-c2cc(C(C)(C)C)[nH]c(=O)c2C#N)cc1. The lowest BCUT2D eigenvalue weighted by atomic mass is 9.89. The Morgan fingerprint density at radius 1 is 1.20 bits per heavy atom. The van der Waals surface area contributed by atoms with Gasteiger partial charge in [-0.3, -0.25) is 4.79 Å². The van der Waals surface area contributed by atoms with Crippen molar-refractivity contribution in [1.29, 1.82) is 5.26 Å². The number of H-pyrrole nitrogens is 1. The van der Waals surface area contributed by atoms with Crippen LogP contribution in [0.4, 0.5) is 0 Å². The van der Waals surface area contributed by atoms with E-state index in [1.54, 1.807) is 18.2 Å². The lowest BCUT2D eigenvalue weighted by Gasteiger charge is -2.19. The first-order valence-corrected chi connectivity index (χ1v) is 7.93. The zero-order chi connectivity index (χ0) is 18.4. The largest absolute Gasteiger partial charge is 0.407 e. The first kappa shape index (κ1) is 18.1. The molecule has 0 bridgehead atoms. The van der Waals surface area contributed by atoms with Crippen LogP contribution >= 0.6 is 0 Å². The molecule has 0 aliphatic rings. The Labute approximate surface area is 147 Å². The summed E-state index contributed by atoms with van der Waals surface area (Å²) in [6.45, 7) is 7.90. The lowest BCUT2D eigenvalue weighted by Crippen LogP contribution is -2.22. The van der Waals surface area contributed by atoms with E-state index >= 15 is 0 Å². The molecule has 2 rings (SSSR count). The standard InChI is InChI=1S/C21H20N2O2/c1-5-6-7-12-25-16-10-8-15(9-11-16)17-13-19(21(2,3)4)23-20(24)18(17)14-22/h5-6,8-11,13H,1-4H3,(H,23,24)/b6-5-. The molecule has 0 aliphatic carbocycles. The first-order valence-electron chi connectivity index (χ1n) is 7.93. The van der Waals surface area contributed by atoms with E-state index in [0.717, 1.165) is 11.3 Å². The summed E-state index contributed by atoms with van der Waals surface area (Å²) in [4.78, 5) is 15.1. The summed E-state index contributed by atoms with van der Waals surface area (Å²) >= 11 is 0. The molecular weight excluding hydrogens is 312 g/mol. The molecule has 0 spiro atoms. The van der Waals surface area contributed by atoms with Crippen molar-refractivity contribution in [2.24, 2.45) is 0 Å². The van der Waals surface area contributed by atoms with Gasteiger partial charge in [-0.15, -0.1) is 0 Å². The monoisotopic (exact) mass is 332 g/mol. The zero-order valence-corrected chi connectivity index (χ0v) is 14.8. The molecule has 0 fully saturated rings. The van der Waals surface area contributed by atoms with Gasteiger partial charge in [0.2, 0.25) is 0 Å². The van der Waals surface area contributed by atoms with E-state index in [0.29, 0.717) is 11.3 Å². The van der Waals surface area contributed by atoms with Gasteiger partial charge in [0.25, 0.3) is 5.56 Å². The number of hydrogen-bond donors (Lipinski definition) is 1. The van der Waals surface area contributed by atoms with E-state index in [9.17, 15) is 10.1 Å². The lowest BCUT2D eigenvalue weighted by molar-refractivity contribution is 0.520. The first-order chi connectivity index (χ1) is 11.9. The molecule has 0 saturated heterocycles. The highest BCUT2D eigenvalue weighted by Crippen LogP contribution is 2.28. The van der Waals surface area contributed by atoms with Crippen molar-refractivity contribution in [2.75, 3.05) is 0 Å². The van der Waals surface area contributed by atoms with Crippen LogP contribution < -0.4 is 10.3 Å². The van der Waals surface area contributed by atoms with Crippen LogP contribution in [0.1, 0.15) is 39.0 Å². The molecule has 1 N–H and O–H groups in total. The Hall–Kier alpha value is -3.24. The minimum Gasteiger partial charge on any atom is -0.407 e. The molecule has 0 amide bonds. The molecule has 0 aliphatic heterocycles. The molecule has 0 unspecified atom stereocenters. The van der Waals surface area contributed by atoms with Crippen LogP contribution in [0.3, 0.4) is 0 Å². The smallest absolute Gasteiger partial charge is 0.266 e. The van der Waals surface area contributed by atoms with Crippen molar-refractivity contribution in [1.82, 2.24) is 4.98 Å². The van der Waals surface area contributed by atoms with Gasteiger partial charge in [-0.2, -0.15) is 5.26 Å². The van der Waals surface area contributed by atoms with Crippen molar-refractivity contribution < 1.29 is 4.74 Å². The molecule has 1 aromatic carbocycles. The normalized spacial score (nSPS) is 10.8. The highest BCUT2D eigenvalue weighted by molar-refractivity contribution is 5.71. The summed E-state index contributed by atoms with van der Waals surface area (Å²) in [5, 5.41) is 9.36. The molecule has 25 heavy (non-hydrogen) atoms. The van der Waals surface area contributed by atoms with E-state index < -0.39 is 0 Å². The van der Waals surface area contributed by atoms with Gasteiger partial charge < -0.3 is 9.72 Å². The predicted molar refractivity (Wildman–Crippen MR) is 99.1 cm³/mol. The van der Waals surface area contributed by atoms with Crippen LogP contribution in [-0.4, -0.2) is 4.98 Å². The number of aromatic nitrogens is 1. The fraction of sp³-hybridized carbons (Fsp3) is 0.238. The number of allylic oxidation sites excluding steroid dienone is 2. The minimum absolute atomic E-state index is 0.106. The van der Waals surface area contributed by atoms with Gasteiger partial charge in [0.15, 0.2) is 0 Å². The van der Waals surface area contributed by atoms with Gasteiger partial charge in [-0.05, 0) is 42.7 Å². The quantitative estimate of drug-likeness (QED) is 0.841. The molecule has 126 valence electrons. The van der Waals surface area contributed by atoms with Crippen LogP contribution in [0.2, 0.25) is 0 Å². The predicted octanol–water partition coefficient (Wildman–Crippen LogP) is 4.13. The second-order valence-corrected chi connectivity index (χ2v) is 6.54. The summed E-state index contributed by atoms with van der Waals surface area (Å²) in [5.41, 5.74) is 1.68. The third-order valence-electron chi connectivity index (χ3n) is 3.60. The number of ether oxygens (including phenoxy) is 1. The summed E-state index contributed by atoms with van der Waals surface area (Å²) in [6.07, 6.45) is 6.09. The van der Waals surface area contributed by atoms with E-state index in [2.05, 4.69) is 17.0 Å². The maximum absolute atomic E-state index is 12.3. The zero-order valence-electron chi connectivity index (χ0n) is 14.8. The van der Waals surface area contributed by atoms with E-state index in [1.807, 2.05) is 58.0 Å². The second-order valence-electron chi connectivity index (χ2n) is 6.54. The van der Waals surface area contributed by atoms with Gasteiger partial charge in [-0.25, -0.2) is 0 Å². The Balaban J connectivity index is 2.45. The highest BCUT2D eigenvalue weighted by atomic mass is 16.5. The Morgan fingerprint density at radius 2 is 1.88 bits per heavy atom. The fourth-order valence-electron chi connectivity index (χ4n) is 2.21. The summed E-state index contributed by atoms with van der Waals surface area (Å²) < 4.78 is 5.31. The molecule has 4 nitrogen and oxygen atoms in total. The molecular formula is C21H20N2O2. The van der Waals surface area contributed by atoms with Crippen molar-refractivity contribution in [3.05, 3.63) is 64.1 Å². The number of nitrogens with zero attached hydrogens (tertiary/aromatic N) is 1. The van der Waals surface area contributed by atoms with Crippen molar-refractivity contribution in [3.8, 4) is 35.0 Å². The number of nitriles is 1. The van der Waals surface area contributed by atoms with Gasteiger partial charge >= 0.3 is 0 Å². The number of nitrogens with one attached hydrogen (secondary N) is 1. The summed E-state index contributed by atoms with van der Waals surface area (Å²) in [7, 11) is 0. The van der Waals surface area contributed by atoms with Crippen LogP contribution in [0.25, 0.3) is 11.1 Å². The maximum Gasteiger partial charge on any atom is 0.266 e. The van der Waals surface area contributed by atoms with E-state index in [-0.39, 0.29) is 16.5 Å². The van der Waals surface area contributed by atoms with Crippen LogP contribution in [0.15, 0.2) is 47.3 Å². The van der Waals surface area contributed by atoms with Crippen LogP contribution in [-0.2, 0) is 5.41 Å². The summed E-state index contributed by atoms with van der Waals surface area (Å²) in [6, 6.07) is 11.0. The van der Waals surface area contributed by atoms with Gasteiger partial charge in [0.05, 0.1) is 0 Å². The number of pyridine rings is 1. The van der Waals surface area contributed by atoms with E-state index in [1.165, 1.54) is 0 Å². The average Bonchev–Trinajstić information content (AvgIpc) is 2.58. The third kappa shape index (κ3) is 4.40. The van der Waals surface area contributed by atoms with Crippen molar-refractivity contribution in [2.45, 2.75) is 33.1 Å². The maximum atomic E-state index is 12.3. The van der Waals surface area contributed by atoms with Crippen molar-refractivity contribution >= 4 is 0 Å². The van der Waals surface area contributed by atoms with Gasteiger partial charge in [0.1, 0.15) is 23.5 Å². The van der Waals surface area contributed by atoms with E-state index in [4.69, 9.17) is 4.74 Å². The Bertz CT molecular complexity index is 941. The highest BCUT2D eigenvalue weighted by Gasteiger charge is 2.19. The third-order valence-corrected chi connectivity index (χ3v) is 3.60. The molecule has 1 heterocycles. The Kier molecular flexibility index (Phi) is 5.47. The molecule has 4 heteroatoms. The molecule has 0 saturated carbocycles. The van der Waals surface area contributed by atoms with Crippen LogP contribution in [0, 0.1) is 23.4 Å². The molecule has 2 aromatic rings. The number of aromatic amines is 1. The summed E-state index contributed by atoms with van der Waals surface area (Å²) in [5.74, 6) is 3.34.